The molecule has 0 aliphatic heterocycles. The first-order valence-corrected chi connectivity index (χ1v) is 5.53. The van der Waals surface area contributed by atoms with Gasteiger partial charge in [0.05, 0.1) is 17.6 Å². The Morgan fingerprint density at radius 1 is 1.26 bits per heavy atom. The summed E-state index contributed by atoms with van der Waals surface area (Å²) in [5.41, 5.74) is -0.946. The van der Waals surface area contributed by atoms with E-state index in [0.29, 0.717) is 19.2 Å². The summed E-state index contributed by atoms with van der Waals surface area (Å²) in [5.74, 6) is -0.916. The van der Waals surface area contributed by atoms with Gasteiger partial charge in [-0.25, -0.2) is 9.37 Å². The number of hydrogen-bond acceptors (Lipinski definition) is 2. The maximum Gasteiger partial charge on any atom is 0.416 e. The van der Waals surface area contributed by atoms with E-state index >= 15 is 0 Å². The summed E-state index contributed by atoms with van der Waals surface area (Å²) in [7, 11) is 0. The van der Waals surface area contributed by atoms with E-state index in [0.717, 1.165) is 12.1 Å². The zero-order valence-corrected chi connectivity index (χ0v) is 9.78. The molecule has 1 N–H and O–H groups in total. The van der Waals surface area contributed by atoms with Gasteiger partial charge < -0.3 is 9.88 Å². The highest BCUT2D eigenvalue weighted by Gasteiger charge is 2.31. The van der Waals surface area contributed by atoms with Gasteiger partial charge >= 0.3 is 6.18 Å². The summed E-state index contributed by atoms with van der Waals surface area (Å²) in [6, 6.07) is 2.42. The molecule has 0 bridgehead atoms. The van der Waals surface area contributed by atoms with E-state index < -0.39 is 17.6 Å². The fraction of sp³-hybridized carbons (Fsp3) is 0.250. The van der Waals surface area contributed by atoms with Crippen LogP contribution in [0.25, 0.3) is 0 Å². The molecule has 0 saturated heterocycles. The van der Waals surface area contributed by atoms with Crippen LogP contribution in [-0.4, -0.2) is 16.1 Å². The Bertz CT molecular complexity index is 534. The number of alkyl halides is 3. The normalized spacial score (nSPS) is 11.6. The van der Waals surface area contributed by atoms with Crippen LogP contribution in [0.15, 0.2) is 36.9 Å². The van der Waals surface area contributed by atoms with Gasteiger partial charge in [-0.05, 0) is 18.2 Å². The van der Waals surface area contributed by atoms with Gasteiger partial charge in [-0.3, -0.25) is 0 Å². The van der Waals surface area contributed by atoms with Crippen LogP contribution in [0.4, 0.5) is 23.2 Å². The van der Waals surface area contributed by atoms with Crippen molar-refractivity contribution in [2.24, 2.45) is 0 Å². The Kier molecular flexibility index (Phi) is 3.73. The van der Waals surface area contributed by atoms with Crippen molar-refractivity contribution in [3.63, 3.8) is 0 Å². The predicted octanol–water partition coefficient (Wildman–Crippen LogP) is 3.15. The smallest absolute Gasteiger partial charge is 0.381 e. The Morgan fingerprint density at radius 3 is 2.63 bits per heavy atom. The van der Waals surface area contributed by atoms with Crippen LogP contribution in [0.2, 0.25) is 0 Å². The maximum atomic E-state index is 13.5. The molecule has 102 valence electrons. The van der Waals surface area contributed by atoms with E-state index in [1.54, 1.807) is 23.3 Å². The molecular weight excluding hydrogens is 262 g/mol. The number of aromatic nitrogens is 2. The van der Waals surface area contributed by atoms with Crippen molar-refractivity contribution in [2.45, 2.75) is 12.7 Å². The van der Waals surface area contributed by atoms with Gasteiger partial charge in [-0.15, -0.1) is 0 Å². The molecule has 3 nitrogen and oxygen atoms in total. The van der Waals surface area contributed by atoms with E-state index in [1.807, 2.05) is 0 Å². The van der Waals surface area contributed by atoms with Crippen LogP contribution in [0, 0.1) is 5.82 Å². The summed E-state index contributed by atoms with van der Waals surface area (Å²) in [4.78, 5) is 3.84. The lowest BCUT2D eigenvalue weighted by atomic mass is 10.2. The summed E-state index contributed by atoms with van der Waals surface area (Å²) in [5, 5.41) is 2.74. The molecule has 2 rings (SSSR count). The SMILES string of the molecule is Fc1cc(C(F)(F)F)ccc1NCCn1ccnc1. The third-order valence-electron chi connectivity index (χ3n) is 2.54. The zero-order chi connectivity index (χ0) is 13.9. The average molecular weight is 273 g/mol. The molecule has 1 aromatic carbocycles. The van der Waals surface area contributed by atoms with Crippen molar-refractivity contribution in [1.82, 2.24) is 9.55 Å². The number of rotatable bonds is 4. The first-order valence-electron chi connectivity index (χ1n) is 5.53. The van der Waals surface area contributed by atoms with E-state index in [1.165, 1.54) is 0 Å². The van der Waals surface area contributed by atoms with E-state index in [4.69, 9.17) is 0 Å². The highest BCUT2D eigenvalue weighted by molar-refractivity contribution is 5.46. The van der Waals surface area contributed by atoms with Gasteiger partial charge in [0.25, 0.3) is 0 Å². The molecule has 0 fully saturated rings. The fourth-order valence-electron chi connectivity index (χ4n) is 1.57. The molecule has 0 saturated carbocycles. The first kappa shape index (κ1) is 13.4. The quantitative estimate of drug-likeness (QED) is 0.867. The number of anilines is 1. The average Bonchev–Trinajstić information content (AvgIpc) is 2.83. The monoisotopic (exact) mass is 273 g/mol. The Morgan fingerprint density at radius 2 is 2.05 bits per heavy atom. The van der Waals surface area contributed by atoms with Crippen molar-refractivity contribution >= 4 is 5.69 Å². The lowest BCUT2D eigenvalue weighted by molar-refractivity contribution is -0.137. The Balaban J connectivity index is 1.97. The van der Waals surface area contributed by atoms with Gasteiger partial charge in [0.1, 0.15) is 5.82 Å². The zero-order valence-electron chi connectivity index (χ0n) is 9.78. The molecule has 0 radical (unpaired) electrons. The van der Waals surface area contributed by atoms with Crippen molar-refractivity contribution in [1.29, 1.82) is 0 Å². The number of imidazole rings is 1. The lowest BCUT2D eigenvalue weighted by Crippen LogP contribution is -2.11. The van der Waals surface area contributed by atoms with Crippen LogP contribution >= 0.6 is 0 Å². The van der Waals surface area contributed by atoms with Crippen molar-refractivity contribution in [3.05, 3.63) is 48.3 Å². The standard InChI is InChI=1S/C12H11F4N3/c13-10-7-9(12(14,15)16)1-2-11(10)18-4-6-19-5-3-17-8-19/h1-3,5,7-8,18H,4,6H2. The minimum Gasteiger partial charge on any atom is -0.381 e. The van der Waals surface area contributed by atoms with Crippen LogP contribution < -0.4 is 5.32 Å². The van der Waals surface area contributed by atoms with Crippen molar-refractivity contribution in [3.8, 4) is 0 Å². The first-order chi connectivity index (χ1) is 8.97. The molecule has 1 heterocycles. The van der Waals surface area contributed by atoms with Crippen molar-refractivity contribution in [2.75, 3.05) is 11.9 Å². The molecule has 0 spiro atoms. The van der Waals surface area contributed by atoms with Gasteiger partial charge in [0.15, 0.2) is 0 Å². The minimum atomic E-state index is -4.53. The third kappa shape index (κ3) is 3.46. The topological polar surface area (TPSA) is 29.9 Å². The second-order valence-electron chi connectivity index (χ2n) is 3.92. The van der Waals surface area contributed by atoms with E-state index in [-0.39, 0.29) is 5.69 Å². The Labute approximate surface area is 106 Å². The highest BCUT2D eigenvalue weighted by atomic mass is 19.4. The molecule has 0 atom stereocenters. The third-order valence-corrected chi connectivity index (χ3v) is 2.54. The van der Waals surface area contributed by atoms with Crippen molar-refractivity contribution < 1.29 is 17.6 Å². The van der Waals surface area contributed by atoms with E-state index in [9.17, 15) is 17.6 Å². The number of nitrogens with zero attached hydrogens (tertiary/aromatic N) is 2. The molecule has 1 aromatic heterocycles. The number of hydrogen-bond donors (Lipinski definition) is 1. The summed E-state index contributed by atoms with van der Waals surface area (Å²) < 4.78 is 52.3. The molecule has 0 unspecified atom stereocenters. The van der Waals surface area contributed by atoms with Gasteiger partial charge in [0.2, 0.25) is 0 Å². The maximum absolute atomic E-state index is 13.5. The molecule has 19 heavy (non-hydrogen) atoms. The predicted molar refractivity (Wildman–Crippen MR) is 62.1 cm³/mol. The van der Waals surface area contributed by atoms with Crippen LogP contribution in [-0.2, 0) is 12.7 Å². The second kappa shape index (κ2) is 5.29. The van der Waals surface area contributed by atoms with Gasteiger partial charge in [-0.2, -0.15) is 13.2 Å². The summed E-state index contributed by atoms with van der Waals surface area (Å²) in [6.07, 6.45) is 0.421. The highest BCUT2D eigenvalue weighted by Crippen LogP contribution is 2.31. The summed E-state index contributed by atoms with van der Waals surface area (Å²) >= 11 is 0. The summed E-state index contributed by atoms with van der Waals surface area (Å²) in [6.45, 7) is 0.930. The molecule has 0 amide bonds. The number of halogens is 4. The minimum absolute atomic E-state index is 0.0492. The van der Waals surface area contributed by atoms with Gasteiger partial charge in [0, 0.05) is 25.5 Å². The molecular formula is C12H11F4N3. The fourth-order valence-corrected chi connectivity index (χ4v) is 1.57. The number of nitrogens with one attached hydrogen (secondary N) is 1. The molecule has 0 aliphatic carbocycles. The largest absolute Gasteiger partial charge is 0.416 e. The second-order valence-corrected chi connectivity index (χ2v) is 3.92. The van der Waals surface area contributed by atoms with Crippen LogP contribution in [0.1, 0.15) is 5.56 Å². The van der Waals surface area contributed by atoms with Crippen LogP contribution in [0.5, 0.6) is 0 Å². The number of benzene rings is 1. The molecule has 2 aromatic rings. The molecule has 0 aliphatic rings. The van der Waals surface area contributed by atoms with Crippen LogP contribution in [0.3, 0.4) is 0 Å². The van der Waals surface area contributed by atoms with Gasteiger partial charge in [-0.1, -0.05) is 0 Å². The van der Waals surface area contributed by atoms with E-state index in [2.05, 4.69) is 10.3 Å². The Hall–Kier alpha value is -2.05. The lowest BCUT2D eigenvalue weighted by Gasteiger charge is -2.11. The molecule has 7 heteroatoms.